The van der Waals surface area contributed by atoms with Crippen LogP contribution in [-0.4, -0.2) is 41.0 Å². The van der Waals surface area contributed by atoms with E-state index in [4.69, 9.17) is 26.1 Å². The van der Waals surface area contributed by atoms with E-state index in [9.17, 15) is 14.7 Å². The number of carboxylic acids is 1. The number of aromatic nitrogens is 2. The number of aromatic amines is 1. The van der Waals surface area contributed by atoms with Gasteiger partial charge in [-0.1, -0.05) is 55.3 Å². The number of carbonyl (C=O) groups excluding carboxylic acids is 1. The van der Waals surface area contributed by atoms with Crippen molar-refractivity contribution in [3.05, 3.63) is 101 Å². The van der Waals surface area contributed by atoms with Gasteiger partial charge in [0.05, 0.1) is 30.8 Å². The highest BCUT2D eigenvalue weighted by Gasteiger charge is 2.23. The molecule has 1 heterocycles. The van der Waals surface area contributed by atoms with Crippen LogP contribution in [-0.2, 0) is 0 Å². The molecule has 0 aliphatic rings. The van der Waals surface area contributed by atoms with E-state index in [1.54, 1.807) is 44.6 Å². The molecule has 8 heteroatoms. The smallest absolute Gasteiger partial charge is 0.336 e. The third-order valence-corrected chi connectivity index (χ3v) is 7.67. The number of aromatic carboxylic acids is 1. The Morgan fingerprint density at radius 3 is 2.45 bits per heavy atom. The first-order valence-electron chi connectivity index (χ1n) is 13.7. The summed E-state index contributed by atoms with van der Waals surface area (Å²) < 4.78 is 10.9. The van der Waals surface area contributed by atoms with Gasteiger partial charge < -0.3 is 19.6 Å². The molecule has 7 nitrogen and oxygen atoms in total. The Labute approximate surface area is 249 Å². The Kier molecular flexibility index (Phi) is 8.59. The van der Waals surface area contributed by atoms with Crippen molar-refractivity contribution in [2.45, 2.75) is 32.1 Å². The van der Waals surface area contributed by atoms with Gasteiger partial charge in [-0.25, -0.2) is 9.78 Å². The van der Waals surface area contributed by atoms with Crippen LogP contribution in [0.4, 0.5) is 0 Å². The lowest BCUT2D eigenvalue weighted by Gasteiger charge is -2.19. The third kappa shape index (κ3) is 5.87. The molecule has 2 N–H and O–H groups in total. The molecule has 0 bridgehead atoms. The highest BCUT2D eigenvalue weighted by molar-refractivity contribution is 6.31. The molecule has 1 atom stereocenters. The van der Waals surface area contributed by atoms with E-state index in [1.165, 1.54) is 6.07 Å². The normalized spacial score (nSPS) is 11.8. The average molecular weight is 583 g/mol. The molecule has 5 rings (SSSR count). The molecular weight excluding hydrogens is 552 g/mol. The van der Waals surface area contributed by atoms with Crippen LogP contribution in [0.15, 0.2) is 78.9 Å². The Hall–Kier alpha value is -4.62. The molecule has 0 radical (unpaired) electrons. The third-order valence-electron chi connectivity index (χ3n) is 7.44. The van der Waals surface area contributed by atoms with Crippen molar-refractivity contribution >= 4 is 34.4 Å². The number of halogens is 1. The van der Waals surface area contributed by atoms with Crippen molar-refractivity contribution < 1.29 is 24.2 Å². The Balaban J connectivity index is 1.54. The van der Waals surface area contributed by atoms with Crippen LogP contribution in [0.5, 0.6) is 11.5 Å². The van der Waals surface area contributed by atoms with E-state index in [0.29, 0.717) is 38.9 Å². The molecular formula is C34H31ClN2O5. The molecule has 42 heavy (non-hydrogen) atoms. The number of hydrogen-bond acceptors (Lipinski definition) is 5. The maximum atomic E-state index is 13.5. The summed E-state index contributed by atoms with van der Waals surface area (Å²) in [6.07, 6.45) is 1.92. The number of ether oxygens (including phenoxy) is 2. The zero-order valence-corrected chi connectivity index (χ0v) is 24.4. The van der Waals surface area contributed by atoms with Gasteiger partial charge in [-0.2, -0.15) is 0 Å². The number of carboxylic acid groups (broad SMARTS) is 1. The summed E-state index contributed by atoms with van der Waals surface area (Å²) in [7, 11) is 3.22. The quantitative estimate of drug-likeness (QED) is 0.152. The minimum absolute atomic E-state index is 0.00600. The summed E-state index contributed by atoms with van der Waals surface area (Å²) >= 11 is 6.40. The molecule has 0 saturated carbocycles. The minimum Gasteiger partial charge on any atom is -0.497 e. The second kappa shape index (κ2) is 12.5. The number of para-hydroxylation sites is 1. The number of carbonyl (C=O) groups is 2. The number of benzene rings is 4. The van der Waals surface area contributed by atoms with E-state index in [-0.39, 0.29) is 23.7 Å². The van der Waals surface area contributed by atoms with Gasteiger partial charge >= 0.3 is 5.97 Å². The molecule has 1 aromatic heterocycles. The van der Waals surface area contributed by atoms with Gasteiger partial charge in [-0.15, -0.1) is 0 Å². The molecule has 0 aliphatic heterocycles. The number of nitrogens with zero attached hydrogens (tertiary/aromatic N) is 1. The van der Waals surface area contributed by atoms with Gasteiger partial charge in [0.15, 0.2) is 5.78 Å². The number of methoxy groups -OCH3 is 2. The van der Waals surface area contributed by atoms with E-state index in [2.05, 4.69) is 11.9 Å². The van der Waals surface area contributed by atoms with Gasteiger partial charge in [0.1, 0.15) is 17.3 Å². The van der Waals surface area contributed by atoms with Crippen molar-refractivity contribution in [2.24, 2.45) is 0 Å². The lowest BCUT2D eigenvalue weighted by Crippen LogP contribution is -2.11. The molecule has 0 saturated heterocycles. The van der Waals surface area contributed by atoms with E-state index in [0.717, 1.165) is 35.2 Å². The number of rotatable bonds is 11. The highest BCUT2D eigenvalue weighted by atomic mass is 35.5. The predicted molar refractivity (Wildman–Crippen MR) is 165 cm³/mol. The fourth-order valence-electron chi connectivity index (χ4n) is 5.38. The lowest BCUT2D eigenvalue weighted by atomic mass is 9.86. The zero-order chi connectivity index (χ0) is 29.8. The number of nitrogens with one attached hydrogen (secondary N) is 1. The summed E-state index contributed by atoms with van der Waals surface area (Å²) in [6.45, 7) is 2.07. The van der Waals surface area contributed by atoms with Crippen molar-refractivity contribution in [3.8, 4) is 34.0 Å². The first-order chi connectivity index (χ1) is 20.3. The van der Waals surface area contributed by atoms with Crippen molar-refractivity contribution in [3.63, 3.8) is 0 Å². The molecule has 0 amide bonds. The summed E-state index contributed by atoms with van der Waals surface area (Å²) in [6, 6.07) is 23.3. The van der Waals surface area contributed by atoms with Crippen LogP contribution in [0, 0.1) is 0 Å². The van der Waals surface area contributed by atoms with Gasteiger partial charge in [0, 0.05) is 28.6 Å². The summed E-state index contributed by atoms with van der Waals surface area (Å²) in [5.74, 6) is 0.649. The maximum Gasteiger partial charge on any atom is 0.336 e. The van der Waals surface area contributed by atoms with Crippen molar-refractivity contribution in [2.75, 3.05) is 14.2 Å². The SMILES string of the molecule is CCCC(CC(=O)c1ccc(-c2cc(Cl)ccc2-c2nc3ccc(OC)cc3[nH]2)c(C(=O)O)c1)c1ccccc1OC. The van der Waals surface area contributed by atoms with Crippen LogP contribution in [0.1, 0.15) is 58.4 Å². The summed E-state index contributed by atoms with van der Waals surface area (Å²) in [5, 5.41) is 10.7. The van der Waals surface area contributed by atoms with E-state index >= 15 is 0 Å². The second-order valence-corrected chi connectivity index (χ2v) is 10.5. The second-order valence-electron chi connectivity index (χ2n) is 10.1. The van der Waals surface area contributed by atoms with Gasteiger partial charge in [0.25, 0.3) is 0 Å². The number of ketones is 1. The molecule has 214 valence electrons. The fourth-order valence-corrected chi connectivity index (χ4v) is 5.55. The first-order valence-corrected chi connectivity index (χ1v) is 14.1. The van der Waals surface area contributed by atoms with Crippen LogP contribution < -0.4 is 9.47 Å². The van der Waals surface area contributed by atoms with E-state index < -0.39 is 5.97 Å². The standard InChI is InChI=1S/C34H31ClN2O5/c1-4-7-20(24-8-5-6-9-32(24)42-3)17-31(38)21-10-13-25(28(16-21)34(39)40)27-18-22(35)11-14-26(27)33-36-29-15-12-23(41-2)19-30(29)37-33/h5-6,8-16,18-20H,4,7,17H2,1-3H3,(H,36,37)(H,39,40). The van der Waals surface area contributed by atoms with E-state index in [1.807, 2.05) is 42.5 Å². The number of Topliss-reactive ketones (excluding diaryl/α,β-unsaturated/α-hetero) is 1. The molecule has 0 aliphatic carbocycles. The van der Waals surface area contributed by atoms with Crippen molar-refractivity contribution in [1.82, 2.24) is 9.97 Å². The largest absolute Gasteiger partial charge is 0.497 e. The number of H-pyrrole nitrogens is 1. The minimum atomic E-state index is -1.14. The number of imidazole rings is 1. The molecule has 4 aromatic carbocycles. The van der Waals surface area contributed by atoms with Crippen LogP contribution in [0.2, 0.25) is 5.02 Å². The molecule has 1 unspecified atom stereocenters. The zero-order valence-electron chi connectivity index (χ0n) is 23.6. The average Bonchev–Trinajstić information content (AvgIpc) is 3.43. The first kappa shape index (κ1) is 28.9. The monoisotopic (exact) mass is 582 g/mol. The summed E-state index contributed by atoms with van der Waals surface area (Å²) in [5.41, 5.74) is 4.53. The molecule has 0 fully saturated rings. The van der Waals surface area contributed by atoms with Crippen LogP contribution in [0.3, 0.4) is 0 Å². The highest BCUT2D eigenvalue weighted by Crippen LogP contribution is 2.38. The van der Waals surface area contributed by atoms with Gasteiger partial charge in [0.2, 0.25) is 0 Å². The van der Waals surface area contributed by atoms with Gasteiger partial charge in [-0.3, -0.25) is 4.79 Å². The number of fused-ring (bicyclic) bond motifs is 1. The fraction of sp³-hybridized carbons (Fsp3) is 0.206. The lowest BCUT2D eigenvalue weighted by molar-refractivity contribution is 0.0697. The topological polar surface area (TPSA) is 102 Å². The Bertz CT molecular complexity index is 1780. The predicted octanol–water partition coefficient (Wildman–Crippen LogP) is 8.42. The van der Waals surface area contributed by atoms with Crippen molar-refractivity contribution in [1.29, 1.82) is 0 Å². The summed E-state index contributed by atoms with van der Waals surface area (Å²) in [4.78, 5) is 34.1. The van der Waals surface area contributed by atoms with Crippen LogP contribution in [0.25, 0.3) is 33.5 Å². The number of hydrogen-bond donors (Lipinski definition) is 2. The Morgan fingerprint density at radius 1 is 0.929 bits per heavy atom. The Morgan fingerprint density at radius 2 is 1.71 bits per heavy atom. The molecule has 0 spiro atoms. The molecule has 5 aromatic rings. The van der Waals surface area contributed by atoms with Crippen LogP contribution >= 0.6 is 11.6 Å². The van der Waals surface area contributed by atoms with Gasteiger partial charge in [-0.05, 0) is 71.5 Å². The maximum absolute atomic E-state index is 13.5.